The minimum Gasteiger partial charge on any atom is -0.496 e. The standard InChI is InChI=1S/C25H28FN5O3/c1-14-7-10-20(34-2)18(11-14)25(33)29-13-16-9-8-15(12-19(16)26)22-21(24(28)32)23(27)31(30-22)17-5-3-4-6-17/h7-12,17H,3-6,13,27H2,1-2H3,(H2,28,32)(H,29,33). The Morgan fingerprint density at radius 3 is 2.59 bits per heavy atom. The number of hydrogen-bond donors (Lipinski definition) is 3. The van der Waals surface area contributed by atoms with Crippen LogP contribution in [0.25, 0.3) is 11.3 Å². The lowest BCUT2D eigenvalue weighted by molar-refractivity contribution is 0.0946. The predicted molar refractivity (Wildman–Crippen MR) is 127 cm³/mol. The summed E-state index contributed by atoms with van der Waals surface area (Å²) in [4.78, 5) is 24.8. The Morgan fingerprint density at radius 1 is 1.21 bits per heavy atom. The third-order valence-electron chi connectivity index (χ3n) is 6.23. The van der Waals surface area contributed by atoms with E-state index >= 15 is 0 Å². The van der Waals surface area contributed by atoms with Crippen molar-refractivity contribution in [3.63, 3.8) is 0 Å². The van der Waals surface area contributed by atoms with Crippen molar-refractivity contribution in [3.05, 3.63) is 64.5 Å². The summed E-state index contributed by atoms with van der Waals surface area (Å²) in [7, 11) is 1.49. The smallest absolute Gasteiger partial charge is 0.255 e. The minimum absolute atomic E-state index is 0.0244. The zero-order valence-corrected chi connectivity index (χ0v) is 19.2. The van der Waals surface area contributed by atoms with Crippen LogP contribution in [0.4, 0.5) is 10.2 Å². The number of ether oxygens (including phenoxy) is 1. The molecule has 3 aromatic rings. The number of nitrogen functional groups attached to an aromatic ring is 1. The van der Waals surface area contributed by atoms with Crippen molar-refractivity contribution < 1.29 is 18.7 Å². The highest BCUT2D eigenvalue weighted by atomic mass is 19.1. The first-order valence-corrected chi connectivity index (χ1v) is 11.2. The van der Waals surface area contributed by atoms with E-state index in [0.29, 0.717) is 16.9 Å². The number of carbonyl (C=O) groups excluding carboxylic acids is 2. The van der Waals surface area contributed by atoms with Gasteiger partial charge in [-0.1, -0.05) is 36.6 Å². The average molecular weight is 466 g/mol. The number of amides is 2. The molecule has 1 aliphatic carbocycles. The second-order valence-electron chi connectivity index (χ2n) is 8.55. The maximum atomic E-state index is 15.0. The molecule has 0 unspecified atom stereocenters. The van der Waals surface area contributed by atoms with E-state index in [1.54, 1.807) is 28.9 Å². The SMILES string of the molecule is COc1ccc(C)cc1C(=O)NCc1ccc(-c2nn(C3CCCC3)c(N)c2C(N)=O)cc1F. The second kappa shape index (κ2) is 9.54. The van der Waals surface area contributed by atoms with Crippen LogP contribution in [0.15, 0.2) is 36.4 Å². The predicted octanol–water partition coefficient (Wildman–Crippen LogP) is 3.73. The van der Waals surface area contributed by atoms with Gasteiger partial charge in [-0.25, -0.2) is 9.07 Å². The number of benzene rings is 2. The molecule has 0 aliphatic heterocycles. The van der Waals surface area contributed by atoms with E-state index in [1.807, 2.05) is 13.0 Å². The molecule has 34 heavy (non-hydrogen) atoms. The lowest BCUT2D eigenvalue weighted by atomic mass is 10.0. The first-order chi connectivity index (χ1) is 16.3. The van der Waals surface area contributed by atoms with Gasteiger partial charge in [-0.15, -0.1) is 0 Å². The lowest BCUT2D eigenvalue weighted by Gasteiger charge is -2.11. The number of hydrogen-bond acceptors (Lipinski definition) is 5. The number of anilines is 1. The Bertz CT molecular complexity index is 1250. The van der Waals surface area contributed by atoms with Crippen molar-refractivity contribution in [3.8, 4) is 17.0 Å². The van der Waals surface area contributed by atoms with Gasteiger partial charge in [-0.2, -0.15) is 5.10 Å². The number of rotatable bonds is 7. The molecule has 2 aromatic carbocycles. The summed E-state index contributed by atoms with van der Waals surface area (Å²) in [6.45, 7) is 1.85. The highest BCUT2D eigenvalue weighted by molar-refractivity contribution is 6.03. The van der Waals surface area contributed by atoms with Crippen molar-refractivity contribution in [2.75, 3.05) is 12.8 Å². The summed E-state index contributed by atoms with van der Waals surface area (Å²) in [6.07, 6.45) is 3.97. The van der Waals surface area contributed by atoms with Gasteiger partial charge < -0.3 is 21.5 Å². The van der Waals surface area contributed by atoms with Crippen LogP contribution < -0.4 is 21.5 Å². The lowest BCUT2D eigenvalue weighted by Crippen LogP contribution is -2.24. The molecule has 0 spiro atoms. The van der Waals surface area contributed by atoms with Crippen molar-refractivity contribution in [1.29, 1.82) is 0 Å². The molecule has 0 atom stereocenters. The summed E-state index contributed by atoms with van der Waals surface area (Å²) in [6, 6.07) is 9.84. The van der Waals surface area contributed by atoms with Crippen molar-refractivity contribution in [1.82, 2.24) is 15.1 Å². The molecule has 0 bridgehead atoms. The summed E-state index contributed by atoms with van der Waals surface area (Å²) in [5.41, 5.74) is 14.1. The topological polar surface area (TPSA) is 125 Å². The maximum absolute atomic E-state index is 15.0. The molecule has 0 saturated heterocycles. The number of carbonyl (C=O) groups is 2. The number of primary amides is 1. The molecule has 178 valence electrons. The van der Waals surface area contributed by atoms with Crippen molar-refractivity contribution in [2.24, 2.45) is 5.73 Å². The third kappa shape index (κ3) is 4.46. The molecule has 5 N–H and O–H groups in total. The van der Waals surface area contributed by atoms with Gasteiger partial charge in [0, 0.05) is 17.7 Å². The molecule has 1 aliphatic rings. The number of methoxy groups -OCH3 is 1. The molecule has 9 heteroatoms. The van der Waals surface area contributed by atoms with Crippen LogP contribution in [0, 0.1) is 12.7 Å². The number of halogens is 1. The third-order valence-corrected chi connectivity index (χ3v) is 6.23. The molecular formula is C25H28FN5O3. The van der Waals surface area contributed by atoms with Crippen LogP contribution in [-0.4, -0.2) is 28.7 Å². The number of aryl methyl sites for hydroxylation is 1. The summed E-state index contributed by atoms with van der Waals surface area (Å²) in [5.74, 6) is -0.978. The van der Waals surface area contributed by atoms with E-state index in [2.05, 4.69) is 10.4 Å². The summed E-state index contributed by atoms with van der Waals surface area (Å²) in [5, 5.41) is 7.26. The fourth-order valence-electron chi connectivity index (χ4n) is 4.43. The van der Waals surface area contributed by atoms with Crippen LogP contribution in [0.1, 0.15) is 63.6 Å². The first kappa shape index (κ1) is 23.3. The molecular weight excluding hydrogens is 437 g/mol. The Balaban J connectivity index is 1.57. The largest absolute Gasteiger partial charge is 0.496 e. The number of nitrogens with two attached hydrogens (primary N) is 2. The minimum atomic E-state index is -0.708. The van der Waals surface area contributed by atoms with Crippen molar-refractivity contribution >= 4 is 17.6 Å². The van der Waals surface area contributed by atoms with Crippen molar-refractivity contribution in [2.45, 2.75) is 45.2 Å². The Morgan fingerprint density at radius 2 is 1.94 bits per heavy atom. The van der Waals surface area contributed by atoms with E-state index in [4.69, 9.17) is 16.2 Å². The Labute approximate surface area is 197 Å². The highest BCUT2D eigenvalue weighted by Gasteiger charge is 2.27. The van der Waals surface area contributed by atoms with E-state index in [0.717, 1.165) is 31.2 Å². The van der Waals surface area contributed by atoms with Crippen LogP contribution in [0.5, 0.6) is 5.75 Å². The molecule has 0 radical (unpaired) electrons. The monoisotopic (exact) mass is 465 g/mol. The maximum Gasteiger partial charge on any atom is 0.255 e. The van der Waals surface area contributed by atoms with Gasteiger partial charge >= 0.3 is 0 Å². The normalized spacial score (nSPS) is 13.7. The van der Waals surface area contributed by atoms with E-state index in [9.17, 15) is 14.0 Å². The van der Waals surface area contributed by atoms with Gasteiger partial charge in [0.15, 0.2) is 0 Å². The van der Waals surface area contributed by atoms with Crippen LogP contribution >= 0.6 is 0 Å². The van der Waals surface area contributed by atoms with Gasteiger partial charge in [0.2, 0.25) is 0 Å². The van der Waals surface area contributed by atoms with E-state index in [-0.39, 0.29) is 41.1 Å². The molecule has 8 nitrogen and oxygen atoms in total. The number of nitrogens with one attached hydrogen (secondary N) is 1. The fourth-order valence-corrected chi connectivity index (χ4v) is 4.43. The van der Waals surface area contributed by atoms with Gasteiger partial charge in [-0.3, -0.25) is 9.59 Å². The van der Waals surface area contributed by atoms with Crippen LogP contribution in [0.3, 0.4) is 0 Å². The van der Waals surface area contributed by atoms with Gasteiger partial charge in [-0.05, 0) is 38.0 Å². The Kier molecular flexibility index (Phi) is 6.54. The summed E-state index contributed by atoms with van der Waals surface area (Å²) < 4.78 is 21.9. The highest BCUT2D eigenvalue weighted by Crippen LogP contribution is 2.35. The average Bonchev–Trinajstić information content (AvgIpc) is 3.45. The number of aromatic nitrogens is 2. The Hall–Kier alpha value is -3.88. The second-order valence-corrected chi connectivity index (χ2v) is 8.55. The molecule has 4 rings (SSSR count). The van der Waals surface area contributed by atoms with Gasteiger partial charge in [0.1, 0.15) is 28.6 Å². The molecule has 1 aromatic heterocycles. The van der Waals surface area contributed by atoms with Gasteiger partial charge in [0.25, 0.3) is 11.8 Å². The van der Waals surface area contributed by atoms with E-state index in [1.165, 1.54) is 13.2 Å². The zero-order valence-electron chi connectivity index (χ0n) is 19.2. The summed E-state index contributed by atoms with van der Waals surface area (Å²) >= 11 is 0. The van der Waals surface area contributed by atoms with Crippen LogP contribution in [0.2, 0.25) is 0 Å². The zero-order chi connectivity index (χ0) is 24.4. The van der Waals surface area contributed by atoms with Crippen LogP contribution in [-0.2, 0) is 6.54 Å². The molecule has 2 amide bonds. The molecule has 1 saturated carbocycles. The first-order valence-electron chi connectivity index (χ1n) is 11.2. The number of nitrogens with zero attached hydrogens (tertiary/aromatic N) is 2. The molecule has 1 heterocycles. The van der Waals surface area contributed by atoms with E-state index < -0.39 is 11.7 Å². The van der Waals surface area contributed by atoms with Gasteiger partial charge in [0.05, 0.1) is 18.7 Å². The fraction of sp³-hybridized carbons (Fsp3) is 0.320. The molecule has 1 fully saturated rings. The quantitative estimate of drug-likeness (QED) is 0.490.